The van der Waals surface area contributed by atoms with E-state index in [1.807, 2.05) is 21.1 Å². The third-order valence-corrected chi connectivity index (χ3v) is 13.5. The normalized spacial score (nSPS) is 16.9. The standard InChI is InChI=1S/C50H101NO8P/c1-15-56-60(54,57-35-34-51(12,13)14)58-39-48(59-50(53)37-47(11)33-21-31-45(9)29-19-27-43(7)25-17-23-41(4)5)38-55-49(52)36-46(10)32-20-30-44(8)28-18-26-42(6)24-16-22-40(2)3/h40-48H,15-39H2,1-14H3/q+1. The Labute approximate surface area is 372 Å². The SMILES string of the molecule is CCOP(=O)(OCC[N+](C)(C)C)OCC(COC(=O)CC(C)CCCC(C)CCCC(C)CCCC(C)C)OC(=O)CC(C)CCCC(C)CCCC(C)CCCC(C)C. The maximum absolute atomic E-state index is 13.5. The van der Waals surface area contributed by atoms with Crippen LogP contribution in [-0.2, 0) is 37.2 Å². The van der Waals surface area contributed by atoms with Crippen molar-refractivity contribution in [3.63, 3.8) is 0 Å². The first kappa shape index (κ1) is 59.0. The van der Waals surface area contributed by atoms with Crippen LogP contribution < -0.4 is 0 Å². The van der Waals surface area contributed by atoms with Gasteiger partial charge in [-0.2, -0.15) is 0 Å². The number of hydrogen-bond donors (Lipinski definition) is 0. The first-order valence-corrected chi connectivity index (χ1v) is 26.3. The molecule has 0 aliphatic rings. The highest BCUT2D eigenvalue weighted by atomic mass is 31.2. The lowest BCUT2D eigenvalue weighted by molar-refractivity contribution is -0.870. The van der Waals surface area contributed by atoms with E-state index >= 15 is 0 Å². The monoisotopic (exact) mass is 875 g/mol. The molecule has 0 aliphatic heterocycles. The predicted octanol–water partition coefficient (Wildman–Crippen LogP) is 14.3. The molecule has 8 unspecified atom stereocenters. The third-order valence-electron chi connectivity index (χ3n) is 12.0. The summed E-state index contributed by atoms with van der Waals surface area (Å²) >= 11 is 0. The summed E-state index contributed by atoms with van der Waals surface area (Å²) < 4.78 is 42.4. The molecule has 0 N–H and O–H groups in total. The van der Waals surface area contributed by atoms with E-state index in [-0.39, 0.29) is 56.6 Å². The summed E-state index contributed by atoms with van der Waals surface area (Å²) in [5, 5.41) is 0. The fourth-order valence-electron chi connectivity index (χ4n) is 7.82. The minimum Gasteiger partial charge on any atom is -0.462 e. The fraction of sp³-hybridized carbons (Fsp3) is 0.960. The maximum atomic E-state index is 13.5. The van der Waals surface area contributed by atoms with Crippen LogP contribution in [0.25, 0.3) is 0 Å². The van der Waals surface area contributed by atoms with Crippen LogP contribution in [0.15, 0.2) is 0 Å². The number of nitrogens with zero attached hydrogens (tertiary/aromatic N) is 1. The number of quaternary nitrogens is 1. The van der Waals surface area contributed by atoms with Crippen LogP contribution in [-0.4, -0.2) is 76.6 Å². The molecule has 9 nitrogen and oxygen atoms in total. The molecular formula is C50H101NO8P+. The molecule has 0 heterocycles. The summed E-state index contributed by atoms with van der Waals surface area (Å²) in [5.41, 5.74) is 0. The van der Waals surface area contributed by atoms with Gasteiger partial charge < -0.3 is 14.0 Å². The summed E-state index contributed by atoms with van der Waals surface area (Å²) in [4.78, 5) is 26.2. The van der Waals surface area contributed by atoms with E-state index in [2.05, 4.69) is 69.2 Å². The Morgan fingerprint density at radius 3 is 1.22 bits per heavy atom. The highest BCUT2D eigenvalue weighted by molar-refractivity contribution is 7.48. The van der Waals surface area contributed by atoms with E-state index in [1.54, 1.807) is 6.92 Å². The van der Waals surface area contributed by atoms with Gasteiger partial charge in [0.25, 0.3) is 0 Å². The number of phosphoric acid groups is 1. The molecule has 0 aromatic rings. The van der Waals surface area contributed by atoms with Gasteiger partial charge in [0.15, 0.2) is 6.10 Å². The van der Waals surface area contributed by atoms with Crippen molar-refractivity contribution >= 4 is 19.8 Å². The van der Waals surface area contributed by atoms with Crippen LogP contribution in [0.4, 0.5) is 0 Å². The van der Waals surface area contributed by atoms with Gasteiger partial charge in [-0.15, -0.1) is 0 Å². The number of hydrogen-bond acceptors (Lipinski definition) is 8. The highest BCUT2D eigenvalue weighted by Gasteiger charge is 2.31. The number of likely N-dealkylation sites (N-methyl/N-ethyl adjacent to an activating group) is 1. The van der Waals surface area contributed by atoms with E-state index in [1.165, 1.54) is 83.5 Å². The van der Waals surface area contributed by atoms with Crippen LogP contribution in [0.2, 0.25) is 0 Å². The minimum atomic E-state index is -3.93. The quantitative estimate of drug-likeness (QED) is 0.0341. The molecule has 0 aromatic carbocycles. The average molecular weight is 875 g/mol. The van der Waals surface area contributed by atoms with Crippen molar-refractivity contribution in [2.24, 2.45) is 47.3 Å². The van der Waals surface area contributed by atoms with Gasteiger partial charge in [0.05, 0.1) is 34.4 Å². The first-order chi connectivity index (χ1) is 28.1. The smallest absolute Gasteiger partial charge is 0.462 e. The van der Waals surface area contributed by atoms with Gasteiger partial charge in [0, 0.05) is 12.8 Å². The van der Waals surface area contributed by atoms with Gasteiger partial charge in [-0.05, 0) is 54.3 Å². The number of carbonyl (C=O) groups is 2. The molecule has 358 valence electrons. The molecule has 0 spiro atoms. The Hall–Kier alpha value is -0.990. The zero-order valence-electron chi connectivity index (χ0n) is 42.0. The number of carbonyl (C=O) groups excluding carboxylic acids is 2. The largest absolute Gasteiger partial charge is 0.475 e. The van der Waals surface area contributed by atoms with E-state index in [9.17, 15) is 14.2 Å². The van der Waals surface area contributed by atoms with E-state index in [0.29, 0.717) is 29.3 Å². The van der Waals surface area contributed by atoms with Crippen LogP contribution >= 0.6 is 7.82 Å². The Morgan fingerprint density at radius 2 is 0.850 bits per heavy atom. The van der Waals surface area contributed by atoms with Crippen molar-refractivity contribution in [3.8, 4) is 0 Å². The lowest BCUT2D eigenvalue weighted by Crippen LogP contribution is -2.37. The van der Waals surface area contributed by atoms with E-state index in [0.717, 1.165) is 55.8 Å². The lowest BCUT2D eigenvalue weighted by atomic mass is 9.91. The van der Waals surface area contributed by atoms with Gasteiger partial charge >= 0.3 is 19.8 Å². The molecule has 0 fully saturated rings. The van der Waals surface area contributed by atoms with Gasteiger partial charge in [-0.1, -0.05) is 185 Å². The second-order valence-electron chi connectivity index (χ2n) is 21.2. The Bertz CT molecular complexity index is 1110. The zero-order valence-corrected chi connectivity index (χ0v) is 42.9. The fourth-order valence-corrected chi connectivity index (χ4v) is 9.02. The van der Waals surface area contributed by atoms with Gasteiger partial charge in [-0.25, -0.2) is 4.57 Å². The van der Waals surface area contributed by atoms with Crippen molar-refractivity contribution in [2.45, 2.75) is 211 Å². The van der Waals surface area contributed by atoms with Crippen molar-refractivity contribution in [3.05, 3.63) is 0 Å². The molecule has 0 aliphatic carbocycles. The summed E-state index contributed by atoms with van der Waals surface area (Å²) in [6, 6.07) is 0. The highest BCUT2D eigenvalue weighted by Crippen LogP contribution is 2.49. The predicted molar refractivity (Wildman–Crippen MR) is 252 cm³/mol. The molecule has 0 aromatic heterocycles. The Balaban J connectivity index is 5.00. The van der Waals surface area contributed by atoms with E-state index in [4.69, 9.17) is 23.0 Å². The first-order valence-electron chi connectivity index (χ1n) is 24.8. The molecular weight excluding hydrogens is 774 g/mol. The topological polar surface area (TPSA) is 97.4 Å². The Kier molecular flexibility index (Phi) is 33.9. The molecule has 0 radical (unpaired) electrons. The van der Waals surface area contributed by atoms with Crippen LogP contribution in [0.3, 0.4) is 0 Å². The molecule has 0 rings (SSSR count). The maximum Gasteiger partial charge on any atom is 0.475 e. The summed E-state index contributed by atoms with van der Waals surface area (Å²) in [5.74, 6) is 4.17. The lowest BCUT2D eigenvalue weighted by Gasteiger charge is -2.26. The van der Waals surface area contributed by atoms with Gasteiger partial charge in [0.1, 0.15) is 19.8 Å². The van der Waals surface area contributed by atoms with Crippen molar-refractivity contribution in [2.75, 3.05) is 54.1 Å². The molecule has 60 heavy (non-hydrogen) atoms. The van der Waals surface area contributed by atoms with Crippen LogP contribution in [0.1, 0.15) is 205 Å². The second-order valence-corrected chi connectivity index (χ2v) is 22.9. The number of rotatable bonds is 40. The van der Waals surface area contributed by atoms with Crippen molar-refractivity contribution in [1.82, 2.24) is 0 Å². The average Bonchev–Trinajstić information content (AvgIpc) is 3.12. The van der Waals surface area contributed by atoms with Gasteiger partial charge in [0.2, 0.25) is 0 Å². The summed E-state index contributed by atoms with van der Waals surface area (Å²) in [6.07, 6.45) is 21.7. The molecule has 0 saturated carbocycles. The molecule has 0 amide bonds. The Morgan fingerprint density at radius 1 is 0.483 bits per heavy atom. The van der Waals surface area contributed by atoms with Crippen LogP contribution in [0, 0.1) is 47.3 Å². The van der Waals surface area contributed by atoms with Gasteiger partial charge in [-0.3, -0.25) is 23.2 Å². The van der Waals surface area contributed by atoms with Crippen molar-refractivity contribution < 1.29 is 41.7 Å². The summed E-state index contributed by atoms with van der Waals surface area (Å²) in [6.45, 7) is 25.1. The van der Waals surface area contributed by atoms with Crippen molar-refractivity contribution in [1.29, 1.82) is 0 Å². The molecule has 0 bridgehead atoms. The summed E-state index contributed by atoms with van der Waals surface area (Å²) in [7, 11) is 2.11. The third kappa shape index (κ3) is 36.5. The molecule has 10 heteroatoms. The molecule has 0 saturated heterocycles. The number of esters is 2. The molecule has 8 atom stereocenters. The van der Waals surface area contributed by atoms with E-state index < -0.39 is 13.9 Å². The number of phosphoric ester groups is 1. The second kappa shape index (κ2) is 34.4. The zero-order chi connectivity index (χ0) is 45.6. The minimum absolute atomic E-state index is 0.128. The number of ether oxygens (including phenoxy) is 2. The van der Waals surface area contributed by atoms with Crippen LogP contribution in [0.5, 0.6) is 0 Å².